The minimum atomic E-state index is -0.837. The Morgan fingerprint density at radius 2 is 1.87 bits per heavy atom. The molecule has 122 valence electrons. The summed E-state index contributed by atoms with van der Waals surface area (Å²) in [6.45, 7) is 0.915. The Bertz CT molecular complexity index is 636. The fourth-order valence-corrected chi connectivity index (χ4v) is 3.59. The van der Waals surface area contributed by atoms with Crippen molar-refractivity contribution in [3.05, 3.63) is 35.4 Å². The Kier molecular flexibility index (Phi) is 4.30. The molecule has 0 unspecified atom stereocenters. The number of rotatable bonds is 3. The van der Waals surface area contributed by atoms with Gasteiger partial charge < -0.3 is 10.2 Å². The molecule has 2 saturated heterocycles. The number of piperidine rings is 1. The maximum Gasteiger partial charge on any atom is 0.322 e. The molecule has 2 N–H and O–H groups in total. The molecule has 4 amide bonds. The summed E-state index contributed by atoms with van der Waals surface area (Å²) in [6, 6.07) is 7.20. The molecular formula is C16H19N3O3S. The zero-order valence-electron chi connectivity index (χ0n) is 12.9. The Balaban J connectivity index is 1.64. The first kappa shape index (κ1) is 15.9. The van der Waals surface area contributed by atoms with Crippen molar-refractivity contribution in [2.45, 2.75) is 24.1 Å². The SMILES string of the molecule is CSCc1ccc(C(=O)N2CCC3(CC2)NC(=O)NC3=O)cc1. The average Bonchev–Trinajstić information content (AvgIpc) is 2.82. The number of carbonyl (C=O) groups excluding carboxylic acids is 3. The molecule has 0 bridgehead atoms. The number of nitrogens with zero attached hydrogens (tertiary/aromatic N) is 1. The van der Waals surface area contributed by atoms with E-state index in [2.05, 4.69) is 10.6 Å². The second kappa shape index (κ2) is 6.23. The summed E-state index contributed by atoms with van der Waals surface area (Å²) in [6.07, 6.45) is 2.93. The molecule has 7 heteroatoms. The number of urea groups is 1. The number of nitrogens with one attached hydrogen (secondary N) is 2. The van der Waals surface area contributed by atoms with Crippen LogP contribution in [-0.4, -0.2) is 47.6 Å². The van der Waals surface area contributed by atoms with Gasteiger partial charge in [0.05, 0.1) is 0 Å². The predicted molar refractivity (Wildman–Crippen MR) is 88.2 cm³/mol. The highest BCUT2D eigenvalue weighted by Gasteiger charge is 2.48. The van der Waals surface area contributed by atoms with Crippen LogP contribution in [0.15, 0.2) is 24.3 Å². The molecule has 2 heterocycles. The number of benzene rings is 1. The van der Waals surface area contributed by atoms with Gasteiger partial charge in [-0.1, -0.05) is 12.1 Å². The highest BCUT2D eigenvalue weighted by molar-refractivity contribution is 7.97. The van der Waals surface area contributed by atoms with Gasteiger partial charge in [0.1, 0.15) is 5.54 Å². The predicted octanol–water partition coefficient (Wildman–Crippen LogP) is 1.36. The van der Waals surface area contributed by atoms with Gasteiger partial charge in [-0.3, -0.25) is 14.9 Å². The summed E-state index contributed by atoms with van der Waals surface area (Å²) >= 11 is 1.74. The third-order valence-corrected chi connectivity index (χ3v) is 5.05. The molecule has 0 radical (unpaired) electrons. The highest BCUT2D eigenvalue weighted by Crippen LogP contribution is 2.26. The van der Waals surface area contributed by atoms with Gasteiger partial charge in [-0.05, 0) is 36.8 Å². The molecule has 3 rings (SSSR count). The van der Waals surface area contributed by atoms with Crippen molar-refractivity contribution < 1.29 is 14.4 Å². The van der Waals surface area contributed by atoms with E-state index in [-0.39, 0.29) is 11.8 Å². The van der Waals surface area contributed by atoms with Crippen molar-refractivity contribution in [1.29, 1.82) is 0 Å². The smallest absolute Gasteiger partial charge is 0.322 e. The summed E-state index contributed by atoms with van der Waals surface area (Å²) in [4.78, 5) is 37.5. The average molecular weight is 333 g/mol. The molecule has 0 atom stereocenters. The lowest BCUT2D eigenvalue weighted by Crippen LogP contribution is -2.55. The number of imide groups is 1. The van der Waals surface area contributed by atoms with Crippen LogP contribution in [0.4, 0.5) is 4.79 Å². The van der Waals surface area contributed by atoms with Crippen LogP contribution in [0.5, 0.6) is 0 Å². The molecule has 0 aliphatic carbocycles. The number of amides is 4. The Morgan fingerprint density at radius 3 is 2.39 bits per heavy atom. The third-order valence-electron chi connectivity index (χ3n) is 4.43. The van der Waals surface area contributed by atoms with Crippen molar-refractivity contribution in [2.24, 2.45) is 0 Å². The van der Waals surface area contributed by atoms with Gasteiger partial charge in [-0.25, -0.2) is 4.79 Å². The molecule has 2 fully saturated rings. The largest absolute Gasteiger partial charge is 0.338 e. The van der Waals surface area contributed by atoms with Gasteiger partial charge in [0.25, 0.3) is 11.8 Å². The van der Waals surface area contributed by atoms with Crippen molar-refractivity contribution in [1.82, 2.24) is 15.5 Å². The van der Waals surface area contributed by atoms with Crippen molar-refractivity contribution in [3.8, 4) is 0 Å². The Hall–Kier alpha value is -2.02. The summed E-state index contributed by atoms with van der Waals surface area (Å²) in [5, 5.41) is 4.98. The van der Waals surface area contributed by atoms with Crippen LogP contribution in [0.25, 0.3) is 0 Å². The second-order valence-corrected chi connectivity index (χ2v) is 6.78. The van der Waals surface area contributed by atoms with E-state index < -0.39 is 11.6 Å². The van der Waals surface area contributed by atoms with E-state index >= 15 is 0 Å². The van der Waals surface area contributed by atoms with Crippen molar-refractivity contribution >= 4 is 29.6 Å². The van der Waals surface area contributed by atoms with Gasteiger partial charge in [-0.2, -0.15) is 11.8 Å². The van der Waals surface area contributed by atoms with Gasteiger partial charge in [-0.15, -0.1) is 0 Å². The fourth-order valence-electron chi connectivity index (χ4n) is 3.06. The Morgan fingerprint density at radius 1 is 1.22 bits per heavy atom. The van der Waals surface area contributed by atoms with E-state index in [1.165, 1.54) is 5.56 Å². The molecule has 1 aromatic rings. The monoisotopic (exact) mass is 333 g/mol. The first-order chi connectivity index (χ1) is 11.0. The molecule has 0 saturated carbocycles. The maximum absolute atomic E-state index is 12.6. The van der Waals surface area contributed by atoms with Crippen LogP contribution < -0.4 is 10.6 Å². The van der Waals surface area contributed by atoms with E-state index in [9.17, 15) is 14.4 Å². The van der Waals surface area contributed by atoms with Crippen LogP contribution in [0.3, 0.4) is 0 Å². The van der Waals surface area contributed by atoms with Crippen molar-refractivity contribution in [2.75, 3.05) is 19.3 Å². The first-order valence-electron chi connectivity index (χ1n) is 7.55. The van der Waals surface area contributed by atoms with Crippen LogP contribution in [0, 0.1) is 0 Å². The third kappa shape index (κ3) is 3.06. The van der Waals surface area contributed by atoms with Gasteiger partial charge in [0, 0.05) is 24.4 Å². The Labute approximate surface area is 139 Å². The molecule has 0 aromatic heterocycles. The normalized spacial score (nSPS) is 19.6. The number of carbonyl (C=O) groups is 3. The van der Waals surface area contributed by atoms with Gasteiger partial charge >= 0.3 is 6.03 Å². The molecular weight excluding hydrogens is 314 g/mol. The van der Waals surface area contributed by atoms with Crippen LogP contribution in [0.1, 0.15) is 28.8 Å². The summed E-state index contributed by atoms with van der Waals surface area (Å²) < 4.78 is 0. The fraction of sp³-hybridized carbons (Fsp3) is 0.438. The lowest BCUT2D eigenvalue weighted by atomic mass is 9.87. The standard InChI is InChI=1S/C16H19N3O3S/c1-23-10-11-2-4-12(5-3-11)13(20)19-8-6-16(7-9-19)14(21)17-15(22)18-16/h2-5H,6-10H2,1H3,(H2,17,18,21,22). The number of hydrogen-bond acceptors (Lipinski definition) is 4. The number of likely N-dealkylation sites (tertiary alicyclic amines) is 1. The zero-order valence-corrected chi connectivity index (χ0v) is 13.7. The van der Waals surface area contributed by atoms with Crippen LogP contribution >= 0.6 is 11.8 Å². The van der Waals surface area contributed by atoms with E-state index in [0.717, 1.165) is 5.75 Å². The lowest BCUT2D eigenvalue weighted by molar-refractivity contribution is -0.125. The zero-order chi connectivity index (χ0) is 16.4. The van der Waals surface area contributed by atoms with Crippen molar-refractivity contribution in [3.63, 3.8) is 0 Å². The first-order valence-corrected chi connectivity index (χ1v) is 8.94. The molecule has 1 spiro atoms. The van der Waals surface area contributed by atoms with E-state index in [1.54, 1.807) is 16.7 Å². The minimum absolute atomic E-state index is 0.0275. The lowest BCUT2D eigenvalue weighted by Gasteiger charge is -2.37. The van der Waals surface area contributed by atoms with E-state index in [1.807, 2.05) is 30.5 Å². The number of hydrogen-bond donors (Lipinski definition) is 2. The molecule has 23 heavy (non-hydrogen) atoms. The molecule has 1 aromatic carbocycles. The van der Waals surface area contributed by atoms with Gasteiger partial charge in [0.2, 0.25) is 0 Å². The number of thioether (sulfide) groups is 1. The van der Waals surface area contributed by atoms with Crippen LogP contribution in [0.2, 0.25) is 0 Å². The molecule has 2 aliphatic heterocycles. The summed E-state index contributed by atoms with van der Waals surface area (Å²) in [5.41, 5.74) is 1.01. The quantitative estimate of drug-likeness (QED) is 0.819. The minimum Gasteiger partial charge on any atom is -0.338 e. The highest BCUT2D eigenvalue weighted by atomic mass is 32.2. The molecule has 6 nitrogen and oxygen atoms in total. The van der Waals surface area contributed by atoms with Gasteiger partial charge in [0.15, 0.2) is 0 Å². The molecule has 2 aliphatic rings. The second-order valence-electron chi connectivity index (χ2n) is 5.91. The van der Waals surface area contributed by atoms with Crippen LogP contribution in [-0.2, 0) is 10.5 Å². The van der Waals surface area contributed by atoms with E-state index in [4.69, 9.17) is 0 Å². The topological polar surface area (TPSA) is 78.5 Å². The summed E-state index contributed by atoms with van der Waals surface area (Å²) in [5.74, 6) is 0.617. The summed E-state index contributed by atoms with van der Waals surface area (Å²) in [7, 11) is 0. The van der Waals surface area contributed by atoms with E-state index in [0.29, 0.717) is 31.5 Å². The maximum atomic E-state index is 12.6.